The number of methoxy groups -OCH3 is 4. The van der Waals surface area contributed by atoms with Crippen molar-refractivity contribution < 1.29 is 33.3 Å². The van der Waals surface area contributed by atoms with Crippen LogP contribution in [0.15, 0.2) is 36.4 Å². The lowest BCUT2D eigenvalue weighted by atomic mass is 9.89. The first-order valence-corrected chi connectivity index (χ1v) is 11.2. The minimum atomic E-state index is -1.17. The topological polar surface area (TPSA) is 101 Å². The van der Waals surface area contributed by atoms with E-state index in [1.807, 2.05) is 28.8 Å². The van der Waals surface area contributed by atoms with E-state index in [0.29, 0.717) is 34.3 Å². The first-order chi connectivity index (χ1) is 17.0. The number of rotatable bonds is 9. The Balaban J connectivity index is 2.03. The molecule has 10 heteroatoms. The van der Waals surface area contributed by atoms with Gasteiger partial charge in [-0.1, -0.05) is 12.1 Å². The molecule has 0 N–H and O–H groups in total. The fourth-order valence-electron chi connectivity index (χ4n) is 4.52. The minimum Gasteiger partial charge on any atom is -0.493 e. The van der Waals surface area contributed by atoms with Crippen molar-refractivity contribution in [1.82, 2.24) is 9.55 Å². The molecule has 186 valence electrons. The second-order valence-corrected chi connectivity index (χ2v) is 7.89. The van der Waals surface area contributed by atoms with E-state index in [1.165, 1.54) is 26.2 Å². The van der Waals surface area contributed by atoms with Crippen molar-refractivity contribution in [3.8, 4) is 17.2 Å². The normalized spacial score (nSPS) is 17.3. The Hall–Kier alpha value is -3.79. The van der Waals surface area contributed by atoms with E-state index in [-0.39, 0.29) is 19.8 Å². The molecule has 0 unspecified atom stereocenters. The molecule has 1 aliphatic rings. The Morgan fingerprint density at radius 1 is 1.03 bits per heavy atom. The van der Waals surface area contributed by atoms with Crippen LogP contribution in [0.1, 0.15) is 18.5 Å². The molecule has 4 rings (SSSR count). The molecule has 0 spiro atoms. The van der Waals surface area contributed by atoms with Crippen LogP contribution in [0.4, 0.5) is 5.95 Å². The molecule has 0 bridgehead atoms. The van der Waals surface area contributed by atoms with Crippen LogP contribution >= 0.6 is 0 Å². The third-order valence-electron chi connectivity index (χ3n) is 6.03. The lowest BCUT2D eigenvalue weighted by Gasteiger charge is -2.38. The number of carbonyl (C=O) groups excluding carboxylic acids is 2. The van der Waals surface area contributed by atoms with Crippen LogP contribution in [0.3, 0.4) is 0 Å². The fraction of sp³-hybridized carbons (Fsp3) is 0.400. The second-order valence-electron chi connectivity index (χ2n) is 7.89. The van der Waals surface area contributed by atoms with E-state index < -0.39 is 23.8 Å². The number of esters is 1. The van der Waals surface area contributed by atoms with Gasteiger partial charge in [0.05, 0.1) is 58.2 Å². The van der Waals surface area contributed by atoms with Gasteiger partial charge in [0, 0.05) is 7.11 Å². The molecule has 35 heavy (non-hydrogen) atoms. The molecular formula is C25H29N3O7. The zero-order valence-corrected chi connectivity index (χ0v) is 20.4. The number of para-hydroxylation sites is 2. The number of imidazole rings is 1. The maximum Gasteiger partial charge on any atom is 0.321 e. The van der Waals surface area contributed by atoms with Gasteiger partial charge in [0.2, 0.25) is 17.6 Å². The molecular weight excluding hydrogens is 454 g/mol. The summed E-state index contributed by atoms with van der Waals surface area (Å²) in [5, 5.41) is 0. The van der Waals surface area contributed by atoms with Gasteiger partial charge in [0.25, 0.3) is 0 Å². The van der Waals surface area contributed by atoms with Gasteiger partial charge in [-0.2, -0.15) is 0 Å². The molecule has 1 amide bonds. The van der Waals surface area contributed by atoms with Gasteiger partial charge in [-0.15, -0.1) is 0 Å². The largest absolute Gasteiger partial charge is 0.493 e. The van der Waals surface area contributed by atoms with Crippen LogP contribution in [0.25, 0.3) is 11.0 Å². The highest BCUT2D eigenvalue weighted by atomic mass is 16.5. The van der Waals surface area contributed by atoms with Crippen molar-refractivity contribution in [2.24, 2.45) is 5.92 Å². The summed E-state index contributed by atoms with van der Waals surface area (Å²) in [5.41, 5.74) is 2.08. The van der Waals surface area contributed by atoms with Gasteiger partial charge in [-0.3, -0.25) is 14.5 Å². The van der Waals surface area contributed by atoms with Gasteiger partial charge < -0.3 is 28.3 Å². The number of ether oxygens (including phenoxy) is 5. The molecule has 0 fully saturated rings. The molecule has 0 aliphatic carbocycles. The highest BCUT2D eigenvalue weighted by molar-refractivity contribution is 6.08. The Kier molecular flexibility index (Phi) is 7.11. The zero-order valence-electron chi connectivity index (χ0n) is 20.4. The molecule has 0 saturated heterocycles. The first kappa shape index (κ1) is 24.3. The van der Waals surface area contributed by atoms with E-state index in [1.54, 1.807) is 26.2 Å². The summed E-state index contributed by atoms with van der Waals surface area (Å²) in [7, 11) is 6.10. The Morgan fingerprint density at radius 2 is 1.71 bits per heavy atom. The highest BCUT2D eigenvalue weighted by Crippen LogP contribution is 2.46. The van der Waals surface area contributed by atoms with Crippen molar-refractivity contribution in [2.45, 2.75) is 13.0 Å². The average molecular weight is 484 g/mol. The van der Waals surface area contributed by atoms with Gasteiger partial charge in [-0.25, -0.2) is 4.98 Å². The molecule has 0 saturated carbocycles. The lowest BCUT2D eigenvalue weighted by molar-refractivity contribution is -0.153. The summed E-state index contributed by atoms with van der Waals surface area (Å²) >= 11 is 0. The summed E-state index contributed by atoms with van der Waals surface area (Å²) in [6.07, 6.45) is 0. The van der Waals surface area contributed by atoms with E-state index in [0.717, 1.165) is 5.52 Å². The number of amides is 1. The second kappa shape index (κ2) is 10.2. The quantitative estimate of drug-likeness (QED) is 0.338. The predicted molar refractivity (Wildman–Crippen MR) is 128 cm³/mol. The van der Waals surface area contributed by atoms with E-state index in [2.05, 4.69) is 0 Å². The molecule has 2 heterocycles. The van der Waals surface area contributed by atoms with Gasteiger partial charge in [0.1, 0.15) is 0 Å². The summed E-state index contributed by atoms with van der Waals surface area (Å²) in [5.74, 6) is -0.559. The van der Waals surface area contributed by atoms with Crippen molar-refractivity contribution >= 4 is 28.9 Å². The monoisotopic (exact) mass is 483 g/mol. The Bertz CT molecular complexity index is 1210. The van der Waals surface area contributed by atoms with Crippen LogP contribution in [-0.2, 0) is 19.1 Å². The van der Waals surface area contributed by atoms with Crippen LogP contribution in [0.2, 0.25) is 0 Å². The molecule has 2 atom stereocenters. The molecule has 1 aliphatic heterocycles. The van der Waals surface area contributed by atoms with Crippen molar-refractivity contribution in [2.75, 3.05) is 53.1 Å². The zero-order chi connectivity index (χ0) is 25.1. The van der Waals surface area contributed by atoms with E-state index >= 15 is 0 Å². The van der Waals surface area contributed by atoms with Gasteiger partial charge >= 0.3 is 5.97 Å². The predicted octanol–water partition coefficient (Wildman–Crippen LogP) is 2.82. The van der Waals surface area contributed by atoms with Crippen LogP contribution < -0.4 is 19.1 Å². The first-order valence-electron chi connectivity index (χ1n) is 11.2. The van der Waals surface area contributed by atoms with E-state index in [9.17, 15) is 9.59 Å². The number of hydrogen-bond donors (Lipinski definition) is 0. The number of aromatic nitrogens is 2. The Morgan fingerprint density at radius 3 is 2.31 bits per heavy atom. The molecule has 2 aromatic carbocycles. The van der Waals surface area contributed by atoms with Crippen molar-refractivity contribution in [3.05, 3.63) is 42.0 Å². The number of nitrogens with zero attached hydrogens (tertiary/aromatic N) is 3. The number of carbonyl (C=O) groups is 2. The van der Waals surface area contributed by atoms with E-state index in [4.69, 9.17) is 28.7 Å². The molecule has 10 nitrogen and oxygen atoms in total. The maximum atomic E-state index is 13.8. The summed E-state index contributed by atoms with van der Waals surface area (Å²) in [4.78, 5) is 33.4. The van der Waals surface area contributed by atoms with Crippen LogP contribution in [0, 0.1) is 5.92 Å². The lowest BCUT2D eigenvalue weighted by Crippen LogP contribution is -2.51. The van der Waals surface area contributed by atoms with Crippen LogP contribution in [-0.4, -0.2) is 69.6 Å². The maximum absolute atomic E-state index is 13.8. The number of anilines is 1. The number of fused-ring (bicyclic) bond motifs is 3. The summed E-state index contributed by atoms with van der Waals surface area (Å²) in [6.45, 7) is 2.36. The van der Waals surface area contributed by atoms with Gasteiger partial charge in [0.15, 0.2) is 17.4 Å². The number of hydrogen-bond acceptors (Lipinski definition) is 8. The van der Waals surface area contributed by atoms with Crippen molar-refractivity contribution in [1.29, 1.82) is 0 Å². The molecule has 3 aromatic rings. The standard InChI is InChI=1S/C25H29N3O7/c1-6-35-24(30)20-21(15-13-18(32-3)22(34-5)19(14-15)33-4)28-17-10-8-7-9-16(17)26-25(28)27(23(20)29)11-12-31-2/h7-10,13-14,20-21H,6,11-12H2,1-5H3/t20-,21-/m1/s1. The van der Waals surface area contributed by atoms with Crippen LogP contribution in [0.5, 0.6) is 17.2 Å². The molecule has 1 aromatic heterocycles. The summed E-state index contributed by atoms with van der Waals surface area (Å²) < 4.78 is 29.1. The summed E-state index contributed by atoms with van der Waals surface area (Å²) in [6, 6.07) is 10.3. The average Bonchev–Trinajstić information content (AvgIpc) is 3.25. The van der Waals surface area contributed by atoms with Crippen molar-refractivity contribution in [3.63, 3.8) is 0 Å². The minimum absolute atomic E-state index is 0.139. The third-order valence-corrected chi connectivity index (χ3v) is 6.03. The highest BCUT2D eigenvalue weighted by Gasteiger charge is 2.48. The smallest absolute Gasteiger partial charge is 0.321 e. The number of benzene rings is 2. The SMILES string of the molecule is CCOC(=O)[C@H]1C(=O)N(CCOC)c2nc3ccccc3n2[C@@H]1c1cc(OC)c(OC)c(OC)c1. The fourth-order valence-corrected chi connectivity index (χ4v) is 4.52. The molecule has 0 radical (unpaired) electrons. The Labute approximate surface area is 203 Å². The van der Waals surface area contributed by atoms with Gasteiger partial charge in [-0.05, 0) is 36.8 Å². The third kappa shape index (κ3) is 4.14.